The second kappa shape index (κ2) is 8.09. The van der Waals surface area contributed by atoms with Gasteiger partial charge in [0.1, 0.15) is 5.75 Å². The van der Waals surface area contributed by atoms with E-state index in [9.17, 15) is 14.9 Å². The first-order valence-corrected chi connectivity index (χ1v) is 8.20. The number of hydrazone groups is 1. The SMILES string of the molecule is COc1ccc2ccccc2c1C=NNC(=O)Cc1ccccc1[N+](=O)[O-]. The van der Waals surface area contributed by atoms with E-state index in [4.69, 9.17) is 4.74 Å². The molecule has 3 rings (SSSR count). The number of benzene rings is 3. The summed E-state index contributed by atoms with van der Waals surface area (Å²) in [6.45, 7) is 0. The average molecular weight is 363 g/mol. The molecule has 0 aliphatic rings. The summed E-state index contributed by atoms with van der Waals surface area (Å²) in [7, 11) is 1.56. The van der Waals surface area contributed by atoms with Gasteiger partial charge < -0.3 is 4.74 Å². The zero-order valence-electron chi connectivity index (χ0n) is 14.6. The van der Waals surface area contributed by atoms with E-state index >= 15 is 0 Å². The highest BCUT2D eigenvalue weighted by molar-refractivity contribution is 6.02. The highest BCUT2D eigenvalue weighted by Crippen LogP contribution is 2.26. The molecule has 136 valence electrons. The normalized spacial score (nSPS) is 10.9. The van der Waals surface area contributed by atoms with Crippen LogP contribution in [-0.2, 0) is 11.2 Å². The molecule has 1 amide bonds. The lowest BCUT2D eigenvalue weighted by atomic mass is 10.0. The van der Waals surface area contributed by atoms with Gasteiger partial charge in [0.15, 0.2) is 0 Å². The Kier molecular flexibility index (Phi) is 5.41. The molecule has 0 spiro atoms. The molecule has 0 saturated heterocycles. The van der Waals surface area contributed by atoms with Crippen LogP contribution in [0.5, 0.6) is 5.75 Å². The standard InChI is InChI=1S/C20H17N3O4/c1-27-19-11-10-14-6-2-4-8-16(14)17(19)13-21-22-20(24)12-15-7-3-5-9-18(15)23(25)26/h2-11,13H,12H2,1H3,(H,22,24). The van der Waals surface area contributed by atoms with Crippen molar-refractivity contribution < 1.29 is 14.5 Å². The van der Waals surface area contributed by atoms with Crippen LogP contribution in [0.3, 0.4) is 0 Å². The number of amides is 1. The Bertz CT molecular complexity index is 1030. The van der Waals surface area contributed by atoms with Crippen LogP contribution in [0.2, 0.25) is 0 Å². The van der Waals surface area contributed by atoms with Gasteiger partial charge in [-0.1, -0.05) is 48.5 Å². The maximum absolute atomic E-state index is 12.1. The Morgan fingerprint density at radius 2 is 1.89 bits per heavy atom. The number of nitrogens with one attached hydrogen (secondary N) is 1. The molecule has 0 heterocycles. The molecule has 3 aromatic rings. The lowest BCUT2D eigenvalue weighted by Gasteiger charge is -2.08. The summed E-state index contributed by atoms with van der Waals surface area (Å²) < 4.78 is 5.37. The fraction of sp³-hybridized carbons (Fsp3) is 0.100. The lowest BCUT2D eigenvalue weighted by molar-refractivity contribution is -0.385. The molecular weight excluding hydrogens is 346 g/mol. The third-order valence-electron chi connectivity index (χ3n) is 4.07. The van der Waals surface area contributed by atoms with Gasteiger partial charge in [-0.2, -0.15) is 5.10 Å². The van der Waals surface area contributed by atoms with Crippen LogP contribution in [0.4, 0.5) is 5.69 Å². The number of para-hydroxylation sites is 1. The number of methoxy groups -OCH3 is 1. The predicted octanol–water partition coefficient (Wildman–Crippen LogP) is 3.45. The van der Waals surface area contributed by atoms with E-state index in [-0.39, 0.29) is 12.1 Å². The van der Waals surface area contributed by atoms with E-state index in [1.54, 1.807) is 25.3 Å². The molecule has 0 atom stereocenters. The van der Waals surface area contributed by atoms with Crippen molar-refractivity contribution in [2.45, 2.75) is 6.42 Å². The number of carbonyl (C=O) groups is 1. The van der Waals surface area contributed by atoms with Crippen molar-refractivity contribution in [3.05, 3.63) is 81.9 Å². The number of rotatable bonds is 6. The zero-order valence-corrected chi connectivity index (χ0v) is 14.6. The number of hydrogen-bond donors (Lipinski definition) is 1. The topological polar surface area (TPSA) is 93.8 Å². The molecule has 0 aromatic heterocycles. The molecule has 0 aliphatic heterocycles. The number of nitro groups is 1. The molecule has 3 aromatic carbocycles. The molecule has 7 nitrogen and oxygen atoms in total. The van der Waals surface area contributed by atoms with Gasteiger partial charge in [-0.25, -0.2) is 5.43 Å². The first kappa shape index (κ1) is 18.1. The molecule has 0 aliphatic carbocycles. The summed E-state index contributed by atoms with van der Waals surface area (Å²) in [6.07, 6.45) is 1.37. The van der Waals surface area contributed by atoms with Crippen molar-refractivity contribution in [3.8, 4) is 5.75 Å². The number of nitro benzene ring substituents is 1. The van der Waals surface area contributed by atoms with Crippen molar-refractivity contribution in [2.24, 2.45) is 5.10 Å². The fourth-order valence-electron chi connectivity index (χ4n) is 2.81. The van der Waals surface area contributed by atoms with Gasteiger partial charge in [-0.05, 0) is 16.8 Å². The molecular formula is C20H17N3O4. The molecule has 1 N–H and O–H groups in total. The van der Waals surface area contributed by atoms with E-state index in [1.165, 1.54) is 12.3 Å². The summed E-state index contributed by atoms with van der Waals surface area (Å²) >= 11 is 0. The zero-order chi connectivity index (χ0) is 19.2. The lowest BCUT2D eigenvalue weighted by Crippen LogP contribution is -2.20. The van der Waals surface area contributed by atoms with Crippen molar-refractivity contribution in [3.63, 3.8) is 0 Å². The van der Waals surface area contributed by atoms with Gasteiger partial charge in [-0.15, -0.1) is 0 Å². The van der Waals surface area contributed by atoms with E-state index in [0.717, 1.165) is 16.3 Å². The van der Waals surface area contributed by atoms with Crippen molar-refractivity contribution in [2.75, 3.05) is 7.11 Å². The van der Waals surface area contributed by atoms with Crippen LogP contribution in [0.15, 0.2) is 65.8 Å². The third-order valence-corrected chi connectivity index (χ3v) is 4.07. The van der Waals surface area contributed by atoms with Crippen molar-refractivity contribution in [1.29, 1.82) is 0 Å². The second-order valence-corrected chi connectivity index (χ2v) is 5.76. The summed E-state index contributed by atoms with van der Waals surface area (Å²) in [5.41, 5.74) is 3.39. The van der Waals surface area contributed by atoms with E-state index in [1.807, 2.05) is 36.4 Å². The van der Waals surface area contributed by atoms with Crippen molar-refractivity contribution >= 4 is 28.6 Å². The average Bonchev–Trinajstić information content (AvgIpc) is 2.68. The molecule has 27 heavy (non-hydrogen) atoms. The van der Waals surface area contributed by atoms with E-state index in [2.05, 4.69) is 10.5 Å². The van der Waals surface area contributed by atoms with Crippen molar-refractivity contribution in [1.82, 2.24) is 5.43 Å². The minimum Gasteiger partial charge on any atom is -0.496 e. The van der Waals surface area contributed by atoms with Gasteiger partial charge >= 0.3 is 0 Å². The highest BCUT2D eigenvalue weighted by atomic mass is 16.6. The van der Waals surface area contributed by atoms with Gasteiger partial charge in [-0.3, -0.25) is 14.9 Å². The van der Waals surface area contributed by atoms with Gasteiger partial charge in [0.2, 0.25) is 5.91 Å². The fourth-order valence-corrected chi connectivity index (χ4v) is 2.81. The van der Waals surface area contributed by atoms with Crippen LogP contribution < -0.4 is 10.2 Å². The number of ether oxygens (including phenoxy) is 1. The molecule has 0 bridgehead atoms. The quantitative estimate of drug-likeness (QED) is 0.412. The third kappa shape index (κ3) is 4.09. The minimum absolute atomic E-state index is 0.0904. The maximum atomic E-state index is 12.1. The van der Waals surface area contributed by atoms with Crippen LogP contribution in [0, 0.1) is 10.1 Å². The molecule has 0 radical (unpaired) electrons. The Hall–Kier alpha value is -3.74. The maximum Gasteiger partial charge on any atom is 0.273 e. The van der Waals surface area contributed by atoms with Crippen LogP contribution >= 0.6 is 0 Å². The summed E-state index contributed by atoms with van der Waals surface area (Å²) in [5.74, 6) is 0.185. The van der Waals surface area contributed by atoms with E-state index < -0.39 is 10.8 Å². The summed E-state index contributed by atoms with van der Waals surface area (Å²) in [4.78, 5) is 22.6. The first-order valence-electron chi connectivity index (χ1n) is 8.20. The summed E-state index contributed by atoms with van der Waals surface area (Å²) in [6, 6.07) is 17.7. The first-order chi connectivity index (χ1) is 13.1. The Balaban J connectivity index is 1.77. The Morgan fingerprint density at radius 1 is 1.15 bits per heavy atom. The predicted molar refractivity (Wildman–Crippen MR) is 103 cm³/mol. The highest BCUT2D eigenvalue weighted by Gasteiger charge is 2.15. The number of hydrogen-bond acceptors (Lipinski definition) is 5. The Labute approximate surface area is 155 Å². The van der Waals surface area contributed by atoms with Crippen LogP contribution in [0.1, 0.15) is 11.1 Å². The summed E-state index contributed by atoms with van der Waals surface area (Å²) in [5, 5.41) is 17.0. The monoisotopic (exact) mass is 363 g/mol. The van der Waals surface area contributed by atoms with Crippen LogP contribution in [-0.4, -0.2) is 24.2 Å². The molecule has 0 fully saturated rings. The molecule has 7 heteroatoms. The van der Waals surface area contributed by atoms with Crippen LogP contribution in [0.25, 0.3) is 10.8 Å². The van der Waals surface area contributed by atoms with Gasteiger partial charge in [0, 0.05) is 17.2 Å². The minimum atomic E-state index is -0.507. The molecule has 0 unspecified atom stereocenters. The van der Waals surface area contributed by atoms with Gasteiger partial charge in [0.25, 0.3) is 5.69 Å². The molecule has 0 saturated carbocycles. The number of nitrogens with zero attached hydrogens (tertiary/aromatic N) is 2. The number of fused-ring (bicyclic) bond motifs is 1. The van der Waals surface area contributed by atoms with E-state index in [0.29, 0.717) is 11.3 Å². The largest absolute Gasteiger partial charge is 0.496 e. The second-order valence-electron chi connectivity index (χ2n) is 5.76. The van der Waals surface area contributed by atoms with Gasteiger partial charge in [0.05, 0.1) is 24.7 Å². The smallest absolute Gasteiger partial charge is 0.273 e. The number of carbonyl (C=O) groups excluding carboxylic acids is 1. The Morgan fingerprint density at radius 3 is 2.67 bits per heavy atom.